The summed E-state index contributed by atoms with van der Waals surface area (Å²) in [5, 5.41) is 8.61. The third-order valence-electron chi connectivity index (χ3n) is 3.51. The van der Waals surface area contributed by atoms with Gasteiger partial charge in [0.2, 0.25) is 0 Å². The van der Waals surface area contributed by atoms with E-state index in [2.05, 4.69) is 27.5 Å². The van der Waals surface area contributed by atoms with Gasteiger partial charge in [-0.25, -0.2) is 9.98 Å². The molecule has 6 nitrogen and oxygen atoms in total. The van der Waals surface area contributed by atoms with Gasteiger partial charge in [-0.3, -0.25) is 4.40 Å². The number of nitrogens with zero attached hydrogens (tertiary/aromatic N) is 3. The Morgan fingerprint density at radius 1 is 1.27 bits per heavy atom. The van der Waals surface area contributed by atoms with E-state index in [1.807, 2.05) is 52.5 Å². The van der Waals surface area contributed by atoms with Gasteiger partial charge in [-0.15, -0.1) is 35.3 Å². The number of hydrogen-bond donors (Lipinski definition) is 2. The Kier molecular flexibility index (Phi) is 8.69. The lowest BCUT2D eigenvalue weighted by atomic mass is 10.3. The van der Waals surface area contributed by atoms with Crippen LogP contribution >= 0.6 is 35.3 Å². The molecule has 0 saturated carbocycles. The van der Waals surface area contributed by atoms with Crippen molar-refractivity contribution in [1.29, 1.82) is 0 Å². The molecule has 0 spiro atoms. The normalized spacial score (nSPS) is 11.2. The van der Waals surface area contributed by atoms with Crippen molar-refractivity contribution in [3.63, 3.8) is 0 Å². The first kappa shape index (κ1) is 20.5. The molecule has 0 saturated heterocycles. The van der Waals surface area contributed by atoms with Crippen molar-refractivity contribution in [3.05, 3.63) is 53.8 Å². The van der Waals surface area contributed by atoms with E-state index in [0.717, 1.165) is 41.9 Å². The van der Waals surface area contributed by atoms with Crippen molar-refractivity contribution < 1.29 is 4.74 Å². The lowest BCUT2D eigenvalue weighted by Crippen LogP contribution is -2.38. The molecule has 140 valence electrons. The molecule has 3 aromatic rings. The molecule has 8 heteroatoms. The molecule has 0 unspecified atom stereocenters. The highest BCUT2D eigenvalue weighted by atomic mass is 127. The van der Waals surface area contributed by atoms with Crippen LogP contribution in [0.4, 0.5) is 0 Å². The predicted molar refractivity (Wildman–Crippen MR) is 118 cm³/mol. The summed E-state index contributed by atoms with van der Waals surface area (Å²) in [6, 6.07) is 9.87. The number of para-hydroxylation sites is 1. The van der Waals surface area contributed by atoms with Crippen LogP contribution in [0.5, 0.6) is 5.75 Å². The number of aromatic nitrogens is 2. The minimum absolute atomic E-state index is 0. The van der Waals surface area contributed by atoms with Gasteiger partial charge >= 0.3 is 0 Å². The summed E-state index contributed by atoms with van der Waals surface area (Å²) in [6.45, 7) is 4.92. The predicted octanol–water partition coefficient (Wildman–Crippen LogP) is 3.54. The van der Waals surface area contributed by atoms with Crippen molar-refractivity contribution in [2.75, 3.05) is 19.7 Å². The summed E-state index contributed by atoms with van der Waals surface area (Å²) >= 11 is 1.63. The quantitative estimate of drug-likeness (QED) is 0.222. The maximum atomic E-state index is 5.69. The monoisotopic (exact) mass is 485 g/mol. The SMILES string of the molecule is CCNC(=NCc1cn2ccsc2n1)NCCCOc1ccccc1.I. The minimum Gasteiger partial charge on any atom is -0.494 e. The third kappa shape index (κ3) is 6.17. The lowest BCUT2D eigenvalue weighted by molar-refractivity contribution is 0.311. The molecule has 0 fully saturated rings. The summed E-state index contributed by atoms with van der Waals surface area (Å²) in [7, 11) is 0. The number of thiazole rings is 1. The Morgan fingerprint density at radius 2 is 2.12 bits per heavy atom. The van der Waals surface area contributed by atoms with Crippen LogP contribution < -0.4 is 15.4 Å². The second-order valence-corrected chi connectivity index (χ2v) is 6.34. The molecule has 2 N–H and O–H groups in total. The molecule has 1 aromatic carbocycles. The lowest BCUT2D eigenvalue weighted by Gasteiger charge is -2.11. The molecule has 2 heterocycles. The van der Waals surface area contributed by atoms with Gasteiger partial charge in [0.1, 0.15) is 5.75 Å². The number of halogens is 1. The summed E-state index contributed by atoms with van der Waals surface area (Å²) in [5.41, 5.74) is 0.969. The van der Waals surface area contributed by atoms with E-state index >= 15 is 0 Å². The first-order valence-electron chi connectivity index (χ1n) is 8.46. The Labute approximate surface area is 174 Å². The van der Waals surface area contributed by atoms with Crippen molar-refractivity contribution in [2.45, 2.75) is 19.9 Å². The Bertz CT molecular complexity index is 774. The molecular weight excluding hydrogens is 461 g/mol. The van der Waals surface area contributed by atoms with Gasteiger partial charge < -0.3 is 15.4 Å². The standard InChI is InChI=1S/C18H23N5OS.HI/c1-2-19-17(20-9-6-11-24-16-7-4-3-5-8-16)21-13-15-14-23-10-12-25-18(23)22-15;/h3-5,7-8,10,12,14H,2,6,9,11,13H2,1H3,(H2,19,20,21);1H. The average molecular weight is 485 g/mol. The maximum absolute atomic E-state index is 5.69. The Morgan fingerprint density at radius 3 is 2.88 bits per heavy atom. The molecular formula is C18H24IN5OS. The first-order valence-corrected chi connectivity index (χ1v) is 9.34. The van der Waals surface area contributed by atoms with Crippen molar-refractivity contribution in [1.82, 2.24) is 20.0 Å². The summed E-state index contributed by atoms with van der Waals surface area (Å²) in [5.74, 6) is 1.71. The molecule has 2 aromatic heterocycles. The molecule has 0 atom stereocenters. The highest BCUT2D eigenvalue weighted by Crippen LogP contribution is 2.11. The largest absolute Gasteiger partial charge is 0.494 e. The zero-order chi connectivity index (χ0) is 17.3. The maximum Gasteiger partial charge on any atom is 0.193 e. The number of hydrogen-bond acceptors (Lipinski definition) is 4. The molecule has 0 aliphatic rings. The third-order valence-corrected chi connectivity index (χ3v) is 4.28. The highest BCUT2D eigenvalue weighted by molar-refractivity contribution is 14.0. The van der Waals surface area contributed by atoms with E-state index in [9.17, 15) is 0 Å². The van der Waals surface area contributed by atoms with Gasteiger partial charge in [-0.1, -0.05) is 18.2 Å². The number of rotatable bonds is 8. The number of fused-ring (bicyclic) bond motifs is 1. The van der Waals surface area contributed by atoms with Crippen LogP contribution in [0.2, 0.25) is 0 Å². The molecule has 0 amide bonds. The fourth-order valence-corrected chi connectivity index (χ4v) is 3.06. The van der Waals surface area contributed by atoms with E-state index in [-0.39, 0.29) is 24.0 Å². The Balaban J connectivity index is 0.00000243. The van der Waals surface area contributed by atoms with Crippen LogP contribution in [0.1, 0.15) is 19.0 Å². The second-order valence-electron chi connectivity index (χ2n) is 5.46. The number of ether oxygens (including phenoxy) is 1. The summed E-state index contributed by atoms with van der Waals surface area (Å²) in [6.07, 6.45) is 4.93. The van der Waals surface area contributed by atoms with Crippen LogP contribution in [0, 0.1) is 0 Å². The topological polar surface area (TPSA) is 63.0 Å². The van der Waals surface area contributed by atoms with Crippen LogP contribution in [-0.2, 0) is 6.54 Å². The zero-order valence-corrected chi connectivity index (χ0v) is 17.9. The van der Waals surface area contributed by atoms with Gasteiger partial charge in [-0.05, 0) is 25.5 Å². The van der Waals surface area contributed by atoms with E-state index in [1.165, 1.54) is 0 Å². The van der Waals surface area contributed by atoms with Gasteiger partial charge in [0.05, 0.1) is 18.8 Å². The van der Waals surface area contributed by atoms with Gasteiger partial charge in [0.15, 0.2) is 10.9 Å². The average Bonchev–Trinajstić information content (AvgIpc) is 3.22. The van der Waals surface area contributed by atoms with E-state index in [1.54, 1.807) is 11.3 Å². The number of benzene rings is 1. The minimum atomic E-state index is 0. The van der Waals surface area contributed by atoms with Crippen molar-refractivity contribution in [2.24, 2.45) is 4.99 Å². The Hall–Kier alpha value is -1.81. The molecule has 0 radical (unpaired) electrons. The molecule has 0 bridgehead atoms. The highest BCUT2D eigenvalue weighted by Gasteiger charge is 2.03. The molecule has 0 aliphatic carbocycles. The van der Waals surface area contributed by atoms with E-state index < -0.39 is 0 Å². The fraction of sp³-hybridized carbons (Fsp3) is 0.333. The number of aliphatic imine (C=N–C) groups is 1. The zero-order valence-electron chi connectivity index (χ0n) is 14.7. The molecule has 0 aliphatic heterocycles. The number of guanidine groups is 1. The summed E-state index contributed by atoms with van der Waals surface area (Å²) in [4.78, 5) is 10.1. The van der Waals surface area contributed by atoms with Gasteiger partial charge in [-0.2, -0.15) is 0 Å². The molecule has 26 heavy (non-hydrogen) atoms. The van der Waals surface area contributed by atoms with Crippen LogP contribution in [0.3, 0.4) is 0 Å². The van der Waals surface area contributed by atoms with Crippen LogP contribution in [0.25, 0.3) is 4.96 Å². The van der Waals surface area contributed by atoms with Gasteiger partial charge in [0.25, 0.3) is 0 Å². The molecule has 3 rings (SSSR count). The van der Waals surface area contributed by atoms with Crippen molar-refractivity contribution >= 4 is 46.2 Å². The van der Waals surface area contributed by atoms with Crippen molar-refractivity contribution in [3.8, 4) is 5.75 Å². The second kappa shape index (κ2) is 11.0. The van der Waals surface area contributed by atoms with Crippen LogP contribution in [0.15, 0.2) is 53.1 Å². The van der Waals surface area contributed by atoms with Gasteiger partial charge in [0, 0.05) is 30.9 Å². The first-order chi connectivity index (χ1) is 12.3. The smallest absolute Gasteiger partial charge is 0.193 e. The fourth-order valence-electron chi connectivity index (χ4n) is 2.34. The van der Waals surface area contributed by atoms with E-state index in [4.69, 9.17) is 4.74 Å². The number of imidazole rings is 1. The van der Waals surface area contributed by atoms with E-state index in [0.29, 0.717) is 13.2 Å². The number of nitrogens with one attached hydrogen (secondary N) is 2. The summed E-state index contributed by atoms with van der Waals surface area (Å²) < 4.78 is 7.71. The van der Waals surface area contributed by atoms with Crippen LogP contribution in [-0.4, -0.2) is 35.0 Å².